The zero-order valence-corrected chi connectivity index (χ0v) is 23.4. The third kappa shape index (κ3) is 5.02. The van der Waals surface area contributed by atoms with Crippen LogP contribution in [0, 0.1) is 23.4 Å². The molecular formula is C29H27BrF3N3O4. The first kappa shape index (κ1) is 27.9. The lowest BCUT2D eigenvalue weighted by Gasteiger charge is -2.39. The van der Waals surface area contributed by atoms with Gasteiger partial charge in [-0.15, -0.1) is 0 Å². The number of benzene rings is 2. The second-order valence-electron chi connectivity index (χ2n) is 10.2. The van der Waals surface area contributed by atoms with Crippen molar-refractivity contribution in [3.05, 3.63) is 97.1 Å². The predicted molar refractivity (Wildman–Crippen MR) is 145 cm³/mol. The molecule has 2 amide bonds. The molecule has 210 valence electrons. The van der Waals surface area contributed by atoms with Gasteiger partial charge in [-0.2, -0.15) is 0 Å². The van der Waals surface area contributed by atoms with Gasteiger partial charge in [-0.05, 0) is 43.7 Å². The highest BCUT2D eigenvalue weighted by Gasteiger charge is 2.42. The summed E-state index contributed by atoms with van der Waals surface area (Å²) in [6, 6.07) is 8.59. The number of aromatic nitrogens is 1. The van der Waals surface area contributed by atoms with Gasteiger partial charge >= 0.3 is 0 Å². The third-order valence-corrected chi connectivity index (χ3v) is 8.62. The maximum absolute atomic E-state index is 14.1. The van der Waals surface area contributed by atoms with Gasteiger partial charge in [0, 0.05) is 47.5 Å². The van der Waals surface area contributed by atoms with E-state index >= 15 is 0 Å². The molecule has 1 aromatic heterocycles. The van der Waals surface area contributed by atoms with Crippen LogP contribution in [0.15, 0.2) is 51.9 Å². The Morgan fingerprint density at radius 1 is 1.12 bits per heavy atom. The smallest absolute Gasteiger partial charge is 0.274 e. The lowest BCUT2D eigenvalue weighted by Crippen LogP contribution is -2.48. The van der Waals surface area contributed by atoms with Crippen LogP contribution in [0.4, 0.5) is 13.2 Å². The first-order valence-corrected chi connectivity index (χ1v) is 13.7. The molecule has 11 heteroatoms. The molecule has 3 aromatic rings. The Morgan fingerprint density at radius 2 is 1.82 bits per heavy atom. The summed E-state index contributed by atoms with van der Waals surface area (Å²) in [6.07, 6.45) is 3.60. The molecule has 1 N–H and O–H groups in total. The lowest BCUT2D eigenvalue weighted by molar-refractivity contribution is 0.0587. The summed E-state index contributed by atoms with van der Waals surface area (Å²) in [6.45, 7) is 1.76. The molecule has 3 atom stereocenters. The first-order valence-electron chi connectivity index (χ1n) is 12.9. The van der Waals surface area contributed by atoms with Crippen molar-refractivity contribution in [2.45, 2.75) is 44.8 Å². The summed E-state index contributed by atoms with van der Waals surface area (Å²) >= 11 is 3.62. The number of ether oxygens (including phenoxy) is 1. The quantitative estimate of drug-likeness (QED) is 0.422. The topological polar surface area (TPSA) is 80.6 Å². The summed E-state index contributed by atoms with van der Waals surface area (Å²) < 4.78 is 49.6. The average Bonchev–Trinajstić information content (AvgIpc) is 3.05. The Labute approximate surface area is 237 Å². The van der Waals surface area contributed by atoms with Crippen molar-refractivity contribution in [1.29, 1.82) is 0 Å². The molecule has 2 bridgehead atoms. The molecule has 2 aromatic carbocycles. The molecule has 3 heterocycles. The fraction of sp³-hybridized carbons (Fsp3) is 0.345. The van der Waals surface area contributed by atoms with Crippen molar-refractivity contribution >= 4 is 27.7 Å². The highest BCUT2D eigenvalue weighted by atomic mass is 79.9. The van der Waals surface area contributed by atoms with E-state index in [4.69, 9.17) is 4.74 Å². The van der Waals surface area contributed by atoms with Gasteiger partial charge in [0.05, 0.1) is 13.2 Å². The van der Waals surface area contributed by atoms with Crippen molar-refractivity contribution in [2.24, 2.45) is 5.92 Å². The zero-order valence-electron chi connectivity index (χ0n) is 21.8. The normalized spacial score (nSPS) is 20.1. The van der Waals surface area contributed by atoms with Crippen LogP contribution >= 0.6 is 15.9 Å². The van der Waals surface area contributed by atoms with E-state index < -0.39 is 40.9 Å². The van der Waals surface area contributed by atoms with Crippen LogP contribution in [0.25, 0.3) is 0 Å². The number of methoxy groups -OCH3 is 1. The van der Waals surface area contributed by atoms with E-state index in [0.717, 1.165) is 22.9 Å². The van der Waals surface area contributed by atoms with Gasteiger partial charge in [-0.3, -0.25) is 14.4 Å². The van der Waals surface area contributed by atoms with Crippen molar-refractivity contribution in [1.82, 2.24) is 14.8 Å². The van der Waals surface area contributed by atoms with E-state index in [2.05, 4.69) is 21.2 Å². The molecule has 0 spiro atoms. The minimum atomic E-state index is -1.16. The number of rotatable bonds is 6. The van der Waals surface area contributed by atoms with E-state index in [9.17, 15) is 27.6 Å². The molecule has 0 saturated carbocycles. The number of pyridine rings is 1. The lowest BCUT2D eigenvalue weighted by atomic mass is 9.87. The van der Waals surface area contributed by atoms with Crippen LogP contribution in [0.5, 0.6) is 5.75 Å². The first-order chi connectivity index (χ1) is 19.1. The standard InChI is InChI=1S/C29H27BrF3N3O4/c1-15-7-8-17(9-16-5-3-4-6-21(16)30)24-14-35(15)29(39)25-27(40-2)26(37)20(13-36(24)25)28(38)34-12-19-22(32)10-18(31)11-23(19)33/h3-6,10-11,13,15,17,24H,7-9,12,14H2,1-2H3,(H,34,38). The monoisotopic (exact) mass is 617 g/mol. The fourth-order valence-corrected chi connectivity index (χ4v) is 6.13. The number of carbonyl (C=O) groups excluding carboxylic acids is 2. The van der Waals surface area contributed by atoms with E-state index in [-0.39, 0.29) is 40.9 Å². The van der Waals surface area contributed by atoms with Crippen LogP contribution in [0.1, 0.15) is 57.8 Å². The van der Waals surface area contributed by atoms with Crippen molar-refractivity contribution in [3.8, 4) is 5.75 Å². The maximum Gasteiger partial charge on any atom is 0.274 e. The SMILES string of the molecule is COc1c2n(cc(C(=O)NCc3c(F)cc(F)cc3F)c1=O)C1CN(C2=O)C(C)CCC1Cc1ccccc1Br. The van der Waals surface area contributed by atoms with Gasteiger partial charge in [-0.1, -0.05) is 34.1 Å². The van der Waals surface area contributed by atoms with E-state index in [1.54, 1.807) is 9.47 Å². The molecule has 2 aliphatic heterocycles. The minimum Gasteiger partial charge on any atom is -0.491 e. The molecule has 0 radical (unpaired) electrons. The Balaban J connectivity index is 1.55. The number of nitrogens with zero attached hydrogens (tertiary/aromatic N) is 2. The van der Waals surface area contributed by atoms with Crippen LogP contribution < -0.4 is 15.5 Å². The summed E-state index contributed by atoms with van der Waals surface area (Å²) in [5.41, 5.74) is -0.517. The van der Waals surface area contributed by atoms with Gasteiger partial charge in [0.15, 0.2) is 11.4 Å². The Hall–Kier alpha value is -3.60. The van der Waals surface area contributed by atoms with E-state index in [1.807, 2.05) is 31.2 Å². The molecular weight excluding hydrogens is 591 g/mol. The van der Waals surface area contributed by atoms with Gasteiger partial charge in [0.25, 0.3) is 11.8 Å². The molecule has 7 nitrogen and oxygen atoms in total. The average molecular weight is 618 g/mol. The number of carbonyl (C=O) groups is 2. The molecule has 3 unspecified atom stereocenters. The molecule has 1 saturated heterocycles. The molecule has 0 aliphatic carbocycles. The number of halogens is 4. The zero-order chi connectivity index (χ0) is 28.7. The van der Waals surface area contributed by atoms with Crippen LogP contribution in [0.3, 0.4) is 0 Å². The molecule has 2 aliphatic rings. The number of hydrogen-bond donors (Lipinski definition) is 1. The number of fused-ring (bicyclic) bond motifs is 4. The minimum absolute atomic E-state index is 0.0588. The maximum atomic E-state index is 14.1. The van der Waals surface area contributed by atoms with Gasteiger partial charge in [-0.25, -0.2) is 13.2 Å². The van der Waals surface area contributed by atoms with Gasteiger partial charge < -0.3 is 19.5 Å². The second kappa shape index (κ2) is 11.1. The predicted octanol–water partition coefficient (Wildman–Crippen LogP) is 5.00. The third-order valence-electron chi connectivity index (χ3n) is 7.85. The highest BCUT2D eigenvalue weighted by molar-refractivity contribution is 9.10. The largest absolute Gasteiger partial charge is 0.491 e. The molecule has 40 heavy (non-hydrogen) atoms. The summed E-state index contributed by atoms with van der Waals surface area (Å²) in [5, 5.41) is 2.35. The van der Waals surface area contributed by atoms with E-state index in [1.165, 1.54) is 13.3 Å². The Kier molecular flexibility index (Phi) is 7.76. The highest BCUT2D eigenvalue weighted by Crippen LogP contribution is 2.40. The second-order valence-corrected chi connectivity index (χ2v) is 11.1. The number of nitrogens with one attached hydrogen (secondary N) is 1. The summed E-state index contributed by atoms with van der Waals surface area (Å²) in [5.74, 6) is -4.88. The van der Waals surface area contributed by atoms with Crippen LogP contribution in [-0.2, 0) is 13.0 Å². The van der Waals surface area contributed by atoms with Crippen LogP contribution in [0.2, 0.25) is 0 Å². The van der Waals surface area contributed by atoms with Crippen molar-refractivity contribution < 1.29 is 27.5 Å². The Bertz CT molecular complexity index is 1540. The van der Waals surface area contributed by atoms with Gasteiger partial charge in [0.1, 0.15) is 23.0 Å². The molecule has 5 rings (SSSR count). The fourth-order valence-electron chi connectivity index (χ4n) is 5.69. The number of amides is 2. The van der Waals surface area contributed by atoms with Crippen LogP contribution in [-0.4, -0.2) is 41.0 Å². The van der Waals surface area contributed by atoms with Crippen molar-refractivity contribution in [3.63, 3.8) is 0 Å². The summed E-state index contributed by atoms with van der Waals surface area (Å²) in [4.78, 5) is 41.9. The Morgan fingerprint density at radius 3 is 2.50 bits per heavy atom. The van der Waals surface area contributed by atoms with E-state index in [0.29, 0.717) is 25.1 Å². The summed E-state index contributed by atoms with van der Waals surface area (Å²) in [7, 11) is 1.26. The molecule has 1 fully saturated rings. The number of hydrogen-bond acceptors (Lipinski definition) is 4. The van der Waals surface area contributed by atoms with Gasteiger partial charge in [0.2, 0.25) is 5.43 Å². The van der Waals surface area contributed by atoms with Crippen molar-refractivity contribution in [2.75, 3.05) is 13.7 Å².